The van der Waals surface area contributed by atoms with Gasteiger partial charge in [-0.1, -0.05) is 15.9 Å². The standard InChI is InChI=1S/C10H11BrN2O2/c11-6-1-2-7-9(5-6)15-8(3-4-12)10(14)13-7/h1-2,5,8H,3-4,12H2,(H,13,14). The maximum Gasteiger partial charge on any atom is 0.265 e. The van der Waals surface area contributed by atoms with Crippen molar-refractivity contribution in [3.63, 3.8) is 0 Å². The number of hydrogen-bond donors (Lipinski definition) is 2. The Hall–Kier alpha value is -1.07. The van der Waals surface area contributed by atoms with Gasteiger partial charge in [0.15, 0.2) is 6.10 Å². The van der Waals surface area contributed by atoms with E-state index >= 15 is 0 Å². The number of rotatable bonds is 2. The molecule has 2 rings (SSSR count). The average Bonchev–Trinajstić information content (AvgIpc) is 2.20. The van der Waals surface area contributed by atoms with Gasteiger partial charge >= 0.3 is 0 Å². The van der Waals surface area contributed by atoms with Gasteiger partial charge in [-0.2, -0.15) is 0 Å². The minimum Gasteiger partial charge on any atom is -0.478 e. The number of benzene rings is 1. The van der Waals surface area contributed by atoms with Gasteiger partial charge in [-0.05, 0) is 24.7 Å². The van der Waals surface area contributed by atoms with Crippen LogP contribution in [0.1, 0.15) is 6.42 Å². The summed E-state index contributed by atoms with van der Waals surface area (Å²) in [6.45, 7) is 0.432. The second-order valence-electron chi connectivity index (χ2n) is 3.31. The molecule has 3 N–H and O–H groups in total. The largest absolute Gasteiger partial charge is 0.478 e. The predicted molar refractivity (Wildman–Crippen MR) is 60.9 cm³/mol. The monoisotopic (exact) mass is 270 g/mol. The number of hydrogen-bond acceptors (Lipinski definition) is 3. The van der Waals surface area contributed by atoms with E-state index in [2.05, 4.69) is 21.2 Å². The van der Waals surface area contributed by atoms with Crippen LogP contribution in [-0.4, -0.2) is 18.6 Å². The van der Waals surface area contributed by atoms with Gasteiger partial charge in [0.05, 0.1) is 5.69 Å². The third kappa shape index (κ3) is 2.13. The van der Waals surface area contributed by atoms with Gasteiger partial charge in [0.1, 0.15) is 5.75 Å². The molecule has 5 heteroatoms. The number of halogens is 1. The van der Waals surface area contributed by atoms with Gasteiger partial charge in [-0.3, -0.25) is 4.79 Å². The molecule has 1 unspecified atom stereocenters. The van der Waals surface area contributed by atoms with Crippen molar-refractivity contribution in [1.82, 2.24) is 0 Å². The van der Waals surface area contributed by atoms with Gasteiger partial charge in [-0.15, -0.1) is 0 Å². The first-order chi connectivity index (χ1) is 7.20. The number of carbonyl (C=O) groups is 1. The van der Waals surface area contributed by atoms with E-state index in [4.69, 9.17) is 10.5 Å². The van der Waals surface area contributed by atoms with Crippen LogP contribution in [0.5, 0.6) is 5.75 Å². The first-order valence-corrected chi connectivity index (χ1v) is 5.47. The fraction of sp³-hybridized carbons (Fsp3) is 0.300. The van der Waals surface area contributed by atoms with Crippen LogP contribution in [0.3, 0.4) is 0 Å². The molecule has 0 radical (unpaired) electrons. The molecule has 0 aromatic heterocycles. The molecule has 1 atom stereocenters. The van der Waals surface area contributed by atoms with E-state index in [1.807, 2.05) is 12.1 Å². The third-order valence-electron chi connectivity index (χ3n) is 2.19. The summed E-state index contributed by atoms with van der Waals surface area (Å²) in [4.78, 5) is 11.5. The number of nitrogens with one attached hydrogen (secondary N) is 1. The SMILES string of the molecule is NCCC1Oc2cc(Br)ccc2NC1=O. The van der Waals surface area contributed by atoms with E-state index in [0.717, 1.165) is 4.47 Å². The maximum absolute atomic E-state index is 11.5. The Labute approximate surface area is 95.9 Å². The Morgan fingerprint density at radius 3 is 3.07 bits per heavy atom. The third-order valence-corrected chi connectivity index (χ3v) is 2.69. The average molecular weight is 271 g/mol. The first kappa shape index (κ1) is 10.4. The van der Waals surface area contributed by atoms with Gasteiger partial charge in [0, 0.05) is 10.9 Å². The molecule has 0 spiro atoms. The van der Waals surface area contributed by atoms with Crippen molar-refractivity contribution in [2.45, 2.75) is 12.5 Å². The van der Waals surface area contributed by atoms with Crippen molar-refractivity contribution in [1.29, 1.82) is 0 Å². The normalized spacial score (nSPS) is 19.1. The number of carbonyl (C=O) groups excluding carboxylic acids is 1. The molecular weight excluding hydrogens is 260 g/mol. The molecule has 1 aliphatic heterocycles. The second kappa shape index (κ2) is 4.20. The fourth-order valence-corrected chi connectivity index (χ4v) is 1.80. The fourth-order valence-electron chi connectivity index (χ4n) is 1.46. The Kier molecular flexibility index (Phi) is 2.93. The van der Waals surface area contributed by atoms with Crippen LogP contribution < -0.4 is 15.8 Å². The highest BCUT2D eigenvalue weighted by Crippen LogP contribution is 2.32. The molecule has 0 aliphatic carbocycles. The molecule has 1 amide bonds. The lowest BCUT2D eigenvalue weighted by atomic mass is 10.2. The highest BCUT2D eigenvalue weighted by Gasteiger charge is 2.26. The van der Waals surface area contributed by atoms with Crippen molar-refractivity contribution in [3.8, 4) is 5.75 Å². The molecule has 0 bridgehead atoms. The minimum atomic E-state index is -0.475. The van der Waals surface area contributed by atoms with Gasteiger partial charge in [0.2, 0.25) is 0 Å². The van der Waals surface area contributed by atoms with Crippen molar-refractivity contribution >= 4 is 27.5 Å². The van der Waals surface area contributed by atoms with Crippen LogP contribution in [0.2, 0.25) is 0 Å². The molecule has 4 nitrogen and oxygen atoms in total. The zero-order valence-corrected chi connectivity index (χ0v) is 9.58. The molecule has 15 heavy (non-hydrogen) atoms. The van der Waals surface area contributed by atoms with Gasteiger partial charge in [-0.25, -0.2) is 0 Å². The summed E-state index contributed by atoms with van der Waals surface area (Å²) in [5, 5.41) is 2.78. The van der Waals surface area contributed by atoms with Crippen LogP contribution in [0.15, 0.2) is 22.7 Å². The molecule has 1 aromatic rings. The second-order valence-corrected chi connectivity index (χ2v) is 4.23. The van der Waals surface area contributed by atoms with Crippen LogP contribution in [0, 0.1) is 0 Å². The van der Waals surface area contributed by atoms with Crippen LogP contribution in [0.25, 0.3) is 0 Å². The Balaban J connectivity index is 2.26. The smallest absolute Gasteiger partial charge is 0.265 e. The molecule has 0 saturated heterocycles. The van der Waals surface area contributed by atoms with Gasteiger partial charge < -0.3 is 15.8 Å². The minimum absolute atomic E-state index is 0.129. The summed E-state index contributed by atoms with van der Waals surface area (Å²) in [5.74, 6) is 0.553. The Bertz CT molecular complexity index is 395. The predicted octanol–water partition coefficient (Wildman–Crippen LogP) is 1.50. The highest BCUT2D eigenvalue weighted by molar-refractivity contribution is 9.10. The highest BCUT2D eigenvalue weighted by atomic mass is 79.9. The molecule has 1 aromatic carbocycles. The van der Waals surface area contributed by atoms with E-state index in [9.17, 15) is 4.79 Å². The molecule has 1 aliphatic rings. The lowest BCUT2D eigenvalue weighted by Gasteiger charge is -2.25. The summed E-state index contributed by atoms with van der Waals surface area (Å²) in [6, 6.07) is 5.49. The maximum atomic E-state index is 11.5. The number of amides is 1. The molecular formula is C10H11BrN2O2. The summed E-state index contributed by atoms with van der Waals surface area (Å²) in [7, 11) is 0. The summed E-state index contributed by atoms with van der Waals surface area (Å²) < 4.78 is 6.46. The summed E-state index contributed by atoms with van der Waals surface area (Å²) in [5.41, 5.74) is 6.11. The number of fused-ring (bicyclic) bond motifs is 1. The van der Waals surface area contributed by atoms with Crippen LogP contribution in [-0.2, 0) is 4.79 Å². The quantitative estimate of drug-likeness (QED) is 0.856. The van der Waals surface area contributed by atoms with Crippen molar-refractivity contribution in [3.05, 3.63) is 22.7 Å². The number of ether oxygens (including phenoxy) is 1. The van der Waals surface area contributed by atoms with Gasteiger partial charge in [0.25, 0.3) is 5.91 Å². The van der Waals surface area contributed by atoms with E-state index in [0.29, 0.717) is 24.4 Å². The molecule has 1 heterocycles. The number of nitrogens with two attached hydrogens (primary N) is 1. The molecule has 0 saturated carbocycles. The summed E-state index contributed by atoms with van der Waals surface area (Å²) in [6.07, 6.45) is 0.0504. The molecule has 0 fully saturated rings. The zero-order valence-electron chi connectivity index (χ0n) is 8.00. The van der Waals surface area contributed by atoms with E-state index in [1.54, 1.807) is 6.07 Å². The van der Waals surface area contributed by atoms with Crippen LogP contribution >= 0.6 is 15.9 Å². The van der Waals surface area contributed by atoms with Crippen LogP contribution in [0.4, 0.5) is 5.69 Å². The summed E-state index contributed by atoms with van der Waals surface area (Å²) >= 11 is 3.35. The van der Waals surface area contributed by atoms with Crippen molar-refractivity contribution < 1.29 is 9.53 Å². The topological polar surface area (TPSA) is 64.3 Å². The van der Waals surface area contributed by atoms with E-state index < -0.39 is 6.10 Å². The van der Waals surface area contributed by atoms with E-state index in [-0.39, 0.29) is 5.91 Å². The van der Waals surface area contributed by atoms with Crippen molar-refractivity contribution in [2.24, 2.45) is 5.73 Å². The zero-order chi connectivity index (χ0) is 10.8. The van der Waals surface area contributed by atoms with E-state index in [1.165, 1.54) is 0 Å². The number of anilines is 1. The Morgan fingerprint density at radius 2 is 2.33 bits per heavy atom. The van der Waals surface area contributed by atoms with Crippen molar-refractivity contribution in [2.75, 3.05) is 11.9 Å². The first-order valence-electron chi connectivity index (χ1n) is 4.68. The lowest BCUT2D eigenvalue weighted by molar-refractivity contribution is -0.123. The Morgan fingerprint density at radius 1 is 1.53 bits per heavy atom. The lowest BCUT2D eigenvalue weighted by Crippen LogP contribution is -2.38. The molecule has 80 valence electrons.